The van der Waals surface area contributed by atoms with Gasteiger partial charge in [-0.2, -0.15) is 11.3 Å². The van der Waals surface area contributed by atoms with E-state index in [0.717, 1.165) is 28.5 Å². The van der Waals surface area contributed by atoms with Crippen molar-refractivity contribution in [3.8, 4) is 0 Å². The summed E-state index contributed by atoms with van der Waals surface area (Å²) in [6, 6.07) is 13.0. The van der Waals surface area contributed by atoms with Gasteiger partial charge in [0.25, 0.3) is 5.56 Å². The highest BCUT2D eigenvalue weighted by Crippen LogP contribution is 2.33. The van der Waals surface area contributed by atoms with Crippen LogP contribution in [0, 0.1) is 0 Å². The first-order valence-electron chi connectivity index (χ1n) is 9.29. The molecule has 3 aromatic rings. The number of thiophene rings is 1. The second-order valence-corrected chi connectivity index (χ2v) is 7.72. The van der Waals surface area contributed by atoms with Crippen LogP contribution in [0.4, 0.5) is 0 Å². The number of nitrogens with zero attached hydrogens (tertiary/aromatic N) is 3. The lowest BCUT2D eigenvalue weighted by atomic mass is 10.1. The van der Waals surface area contributed by atoms with Gasteiger partial charge in [-0.25, -0.2) is 4.79 Å². The Hall–Kier alpha value is -2.93. The van der Waals surface area contributed by atoms with Crippen molar-refractivity contribution in [2.45, 2.75) is 32.0 Å². The number of aromatic nitrogens is 2. The molecule has 1 aliphatic rings. The molecule has 1 aliphatic heterocycles. The molecule has 0 saturated carbocycles. The minimum absolute atomic E-state index is 0.0321. The third kappa shape index (κ3) is 3.71. The SMILES string of the molecule is O=C(Cn1c(=O)ccn(Cc2ccccc2)c1=O)N1CCCC1c1ccsc1. The molecule has 1 amide bonds. The van der Waals surface area contributed by atoms with Crippen molar-refractivity contribution < 1.29 is 4.79 Å². The molecule has 6 nitrogen and oxygen atoms in total. The van der Waals surface area contributed by atoms with Gasteiger partial charge in [0.05, 0.1) is 12.6 Å². The Kier molecular flexibility index (Phi) is 5.25. The summed E-state index contributed by atoms with van der Waals surface area (Å²) in [5.41, 5.74) is 1.17. The van der Waals surface area contributed by atoms with Crippen LogP contribution in [0.1, 0.15) is 30.0 Å². The van der Waals surface area contributed by atoms with Gasteiger partial charge in [-0.3, -0.25) is 18.7 Å². The molecule has 7 heteroatoms. The highest BCUT2D eigenvalue weighted by Gasteiger charge is 2.30. The molecular weight excluding hydrogens is 374 g/mol. The van der Waals surface area contributed by atoms with Gasteiger partial charge in [0.15, 0.2) is 0 Å². The molecule has 0 N–H and O–H groups in total. The fourth-order valence-corrected chi connectivity index (χ4v) is 4.41. The third-order valence-corrected chi connectivity index (χ3v) is 5.83. The lowest BCUT2D eigenvalue weighted by Crippen LogP contribution is -2.44. The molecule has 0 aliphatic carbocycles. The molecule has 1 aromatic carbocycles. The maximum Gasteiger partial charge on any atom is 0.331 e. The van der Waals surface area contributed by atoms with Crippen LogP contribution in [0.25, 0.3) is 0 Å². The topological polar surface area (TPSA) is 64.3 Å². The standard InChI is InChI=1S/C21H21N3O3S/c25-19-8-11-22(13-16-5-2-1-3-6-16)21(27)24(19)14-20(26)23-10-4-7-18(23)17-9-12-28-15-17/h1-3,5-6,8-9,11-12,15,18H,4,7,10,13-14H2. The number of benzene rings is 1. The average molecular weight is 395 g/mol. The lowest BCUT2D eigenvalue weighted by Gasteiger charge is -2.24. The van der Waals surface area contributed by atoms with Crippen LogP contribution in [0.15, 0.2) is 69.0 Å². The molecule has 144 valence electrons. The van der Waals surface area contributed by atoms with E-state index in [2.05, 4.69) is 5.38 Å². The number of amides is 1. The summed E-state index contributed by atoms with van der Waals surface area (Å²) >= 11 is 1.61. The Bertz CT molecular complexity index is 1070. The summed E-state index contributed by atoms with van der Waals surface area (Å²) in [5, 5.41) is 4.05. The first-order chi connectivity index (χ1) is 13.6. The molecule has 1 fully saturated rings. The number of hydrogen-bond acceptors (Lipinski definition) is 4. The largest absolute Gasteiger partial charge is 0.334 e. The molecule has 3 heterocycles. The first-order valence-corrected chi connectivity index (χ1v) is 10.2. The molecule has 0 spiro atoms. The summed E-state index contributed by atoms with van der Waals surface area (Å²) in [6.07, 6.45) is 3.32. The molecule has 2 aromatic heterocycles. The summed E-state index contributed by atoms with van der Waals surface area (Å²) in [6.45, 7) is 0.780. The Labute approximate surface area is 166 Å². The van der Waals surface area contributed by atoms with E-state index in [1.165, 1.54) is 16.8 Å². The van der Waals surface area contributed by atoms with Crippen LogP contribution in [0.3, 0.4) is 0 Å². The molecule has 1 unspecified atom stereocenters. The normalized spacial score (nSPS) is 16.4. The van der Waals surface area contributed by atoms with Gasteiger partial charge in [-0.05, 0) is 40.8 Å². The Morgan fingerprint density at radius 1 is 1.11 bits per heavy atom. The van der Waals surface area contributed by atoms with E-state index in [1.54, 1.807) is 16.2 Å². The smallest absolute Gasteiger partial charge is 0.331 e. The average Bonchev–Trinajstić information content (AvgIpc) is 3.39. The zero-order chi connectivity index (χ0) is 19.5. The molecule has 1 saturated heterocycles. The van der Waals surface area contributed by atoms with Crippen LogP contribution in [0.2, 0.25) is 0 Å². The fraction of sp³-hybridized carbons (Fsp3) is 0.286. The Morgan fingerprint density at radius 2 is 1.93 bits per heavy atom. The molecule has 4 rings (SSSR count). The number of rotatable bonds is 5. The number of likely N-dealkylation sites (tertiary alicyclic amines) is 1. The van der Waals surface area contributed by atoms with Gasteiger partial charge in [0.2, 0.25) is 5.91 Å². The van der Waals surface area contributed by atoms with E-state index in [0.29, 0.717) is 13.1 Å². The molecule has 28 heavy (non-hydrogen) atoms. The van der Waals surface area contributed by atoms with E-state index < -0.39 is 11.2 Å². The number of hydrogen-bond donors (Lipinski definition) is 0. The number of carbonyl (C=O) groups is 1. The van der Waals surface area contributed by atoms with Crippen molar-refractivity contribution >= 4 is 17.2 Å². The molecule has 0 bridgehead atoms. The minimum Gasteiger partial charge on any atom is -0.334 e. The number of carbonyl (C=O) groups excluding carboxylic acids is 1. The molecule has 1 atom stereocenters. The van der Waals surface area contributed by atoms with Crippen LogP contribution in [-0.4, -0.2) is 26.5 Å². The maximum absolute atomic E-state index is 12.9. The van der Waals surface area contributed by atoms with Gasteiger partial charge in [-0.15, -0.1) is 0 Å². The second-order valence-electron chi connectivity index (χ2n) is 6.94. The highest BCUT2D eigenvalue weighted by atomic mass is 32.1. The Balaban J connectivity index is 1.57. The zero-order valence-electron chi connectivity index (χ0n) is 15.4. The van der Waals surface area contributed by atoms with Crippen molar-refractivity contribution in [1.82, 2.24) is 14.0 Å². The van der Waals surface area contributed by atoms with E-state index in [1.807, 2.05) is 41.8 Å². The first kappa shape index (κ1) is 18.4. The van der Waals surface area contributed by atoms with E-state index in [4.69, 9.17) is 0 Å². The van der Waals surface area contributed by atoms with Crippen molar-refractivity contribution in [3.63, 3.8) is 0 Å². The predicted octanol–water partition coefficient (Wildman–Crippen LogP) is 2.48. The van der Waals surface area contributed by atoms with Crippen LogP contribution < -0.4 is 11.2 Å². The third-order valence-electron chi connectivity index (χ3n) is 5.13. The predicted molar refractivity (Wildman–Crippen MR) is 109 cm³/mol. The fourth-order valence-electron chi connectivity index (χ4n) is 3.71. The lowest BCUT2D eigenvalue weighted by molar-refractivity contribution is -0.132. The summed E-state index contributed by atoms with van der Waals surface area (Å²) in [5.74, 6) is -0.189. The molecule has 0 radical (unpaired) electrons. The van der Waals surface area contributed by atoms with Gasteiger partial charge >= 0.3 is 5.69 Å². The highest BCUT2D eigenvalue weighted by molar-refractivity contribution is 7.08. The Morgan fingerprint density at radius 3 is 2.68 bits per heavy atom. The van der Waals surface area contributed by atoms with Crippen molar-refractivity contribution in [3.05, 3.63) is 91.4 Å². The zero-order valence-corrected chi connectivity index (χ0v) is 16.2. The van der Waals surface area contributed by atoms with Crippen LogP contribution >= 0.6 is 11.3 Å². The van der Waals surface area contributed by atoms with E-state index in [-0.39, 0.29) is 18.5 Å². The molecular formula is C21H21N3O3S. The quantitative estimate of drug-likeness (QED) is 0.667. The van der Waals surface area contributed by atoms with Gasteiger partial charge in [-0.1, -0.05) is 30.3 Å². The van der Waals surface area contributed by atoms with Gasteiger partial charge in [0.1, 0.15) is 6.54 Å². The maximum atomic E-state index is 12.9. The van der Waals surface area contributed by atoms with Gasteiger partial charge < -0.3 is 4.90 Å². The summed E-state index contributed by atoms with van der Waals surface area (Å²) in [7, 11) is 0. The van der Waals surface area contributed by atoms with Crippen molar-refractivity contribution in [1.29, 1.82) is 0 Å². The summed E-state index contributed by atoms with van der Waals surface area (Å²) < 4.78 is 2.50. The van der Waals surface area contributed by atoms with Crippen LogP contribution in [0.5, 0.6) is 0 Å². The summed E-state index contributed by atoms with van der Waals surface area (Å²) in [4.78, 5) is 39.8. The van der Waals surface area contributed by atoms with Crippen molar-refractivity contribution in [2.24, 2.45) is 0 Å². The van der Waals surface area contributed by atoms with E-state index >= 15 is 0 Å². The van der Waals surface area contributed by atoms with Crippen LogP contribution in [-0.2, 0) is 17.9 Å². The van der Waals surface area contributed by atoms with E-state index in [9.17, 15) is 14.4 Å². The van der Waals surface area contributed by atoms with Crippen molar-refractivity contribution in [2.75, 3.05) is 6.54 Å². The van der Waals surface area contributed by atoms with Gasteiger partial charge in [0, 0.05) is 18.8 Å². The second kappa shape index (κ2) is 7.98. The minimum atomic E-state index is -0.462. The monoisotopic (exact) mass is 395 g/mol.